The maximum atomic E-state index is 12.0. The lowest BCUT2D eigenvalue weighted by molar-refractivity contribution is -0.354. The lowest BCUT2D eigenvalue weighted by atomic mass is 9.96. The van der Waals surface area contributed by atoms with Crippen LogP contribution in [-0.2, 0) is 71.4 Å². The Balaban J connectivity index is 2.56. The second kappa shape index (κ2) is 14.3. The van der Waals surface area contributed by atoms with Crippen LogP contribution in [0.15, 0.2) is 0 Å². The SMILES string of the molecule is CC(=O)OC[C@H]1O[C@H](O)[C@H](OC(C)=O)[C@@H](O[C@@H]2O[C@H](C)[C@@H](OC(C)=O)[C@H](OC(C)=O)[C@H]2OC(C)=O)[C@@H]1OC(C)=O. The molecule has 0 amide bonds. The fourth-order valence-corrected chi connectivity index (χ4v) is 4.27. The number of aliphatic hydroxyl groups excluding tert-OH is 1. The first kappa shape index (κ1) is 32.9. The summed E-state index contributed by atoms with van der Waals surface area (Å²) in [5, 5.41) is 10.7. The highest BCUT2D eigenvalue weighted by Crippen LogP contribution is 2.34. The minimum Gasteiger partial charge on any atom is -0.463 e. The Hall–Kier alpha value is -3.34. The highest BCUT2D eigenvalue weighted by atomic mass is 16.8. The van der Waals surface area contributed by atoms with E-state index >= 15 is 0 Å². The van der Waals surface area contributed by atoms with Gasteiger partial charge in [-0.2, -0.15) is 0 Å². The number of hydrogen-bond acceptors (Lipinski definition) is 16. The lowest BCUT2D eigenvalue weighted by Gasteiger charge is -2.47. The van der Waals surface area contributed by atoms with Crippen LogP contribution in [0.1, 0.15) is 48.5 Å². The molecule has 0 aromatic carbocycles. The van der Waals surface area contributed by atoms with Gasteiger partial charge >= 0.3 is 35.8 Å². The van der Waals surface area contributed by atoms with Gasteiger partial charge in [-0.15, -0.1) is 0 Å². The van der Waals surface area contributed by atoms with Crippen LogP contribution in [0.3, 0.4) is 0 Å². The predicted molar refractivity (Wildman–Crippen MR) is 124 cm³/mol. The Morgan fingerprint density at radius 1 is 0.575 bits per heavy atom. The van der Waals surface area contributed by atoms with Crippen molar-refractivity contribution >= 4 is 35.8 Å². The standard InChI is InChI=1S/C24H34O16/c1-9-17(34-11(3)26)19(36-13(5)28)22(38-15(7)30)24(33-9)40-20-18(35-12(4)27)16(8-32-10(2)25)39-23(31)21(20)37-14(6)29/h9,16-24,31H,8H2,1-7H3/t9-,16-,17-,18-,19+,20+,21-,22-,23+,24+/m1/s1. The Bertz CT molecular complexity index is 965. The number of aliphatic hydroxyl groups is 1. The van der Waals surface area contributed by atoms with Crippen molar-refractivity contribution in [1.29, 1.82) is 0 Å². The van der Waals surface area contributed by atoms with Crippen LogP contribution in [-0.4, -0.2) is 109 Å². The van der Waals surface area contributed by atoms with E-state index in [1.54, 1.807) is 0 Å². The molecule has 2 saturated heterocycles. The zero-order chi connectivity index (χ0) is 30.3. The molecule has 16 nitrogen and oxygen atoms in total. The molecular weight excluding hydrogens is 544 g/mol. The number of ether oxygens (including phenoxy) is 9. The first-order valence-corrected chi connectivity index (χ1v) is 12.2. The van der Waals surface area contributed by atoms with Crippen LogP contribution in [0, 0.1) is 0 Å². The zero-order valence-corrected chi connectivity index (χ0v) is 23.1. The summed E-state index contributed by atoms with van der Waals surface area (Å²) < 4.78 is 48.8. The van der Waals surface area contributed by atoms with Crippen LogP contribution >= 0.6 is 0 Å². The van der Waals surface area contributed by atoms with Gasteiger partial charge in [-0.1, -0.05) is 0 Å². The molecule has 2 heterocycles. The van der Waals surface area contributed by atoms with E-state index in [4.69, 9.17) is 42.6 Å². The number of carbonyl (C=O) groups is 6. The molecular formula is C24H34O16. The van der Waals surface area contributed by atoms with Crippen molar-refractivity contribution in [3.8, 4) is 0 Å². The van der Waals surface area contributed by atoms with Crippen molar-refractivity contribution < 1.29 is 76.5 Å². The van der Waals surface area contributed by atoms with Gasteiger partial charge < -0.3 is 47.7 Å². The Morgan fingerprint density at radius 2 is 1.02 bits per heavy atom. The molecule has 40 heavy (non-hydrogen) atoms. The molecule has 0 aromatic heterocycles. The molecule has 16 heteroatoms. The summed E-state index contributed by atoms with van der Waals surface area (Å²) >= 11 is 0. The molecule has 2 aliphatic heterocycles. The van der Waals surface area contributed by atoms with Gasteiger partial charge in [-0.3, -0.25) is 28.8 Å². The van der Waals surface area contributed by atoms with Crippen molar-refractivity contribution in [1.82, 2.24) is 0 Å². The second-order valence-electron chi connectivity index (χ2n) is 9.05. The molecule has 1 N–H and O–H groups in total. The average Bonchev–Trinajstić information content (AvgIpc) is 2.80. The fourth-order valence-electron chi connectivity index (χ4n) is 4.27. The molecule has 0 bridgehead atoms. The normalized spacial score (nSPS) is 33.6. The van der Waals surface area contributed by atoms with Gasteiger partial charge in [0.2, 0.25) is 0 Å². The number of hydrogen-bond donors (Lipinski definition) is 1. The van der Waals surface area contributed by atoms with E-state index in [9.17, 15) is 33.9 Å². The summed E-state index contributed by atoms with van der Waals surface area (Å²) in [7, 11) is 0. The van der Waals surface area contributed by atoms with E-state index in [1.807, 2.05) is 0 Å². The minimum atomic E-state index is -1.87. The van der Waals surface area contributed by atoms with E-state index in [2.05, 4.69) is 0 Å². The first-order chi connectivity index (χ1) is 18.6. The lowest BCUT2D eigenvalue weighted by Crippen LogP contribution is -2.66. The number of esters is 6. The molecule has 0 spiro atoms. The molecule has 2 rings (SSSR count). The first-order valence-electron chi connectivity index (χ1n) is 12.2. The van der Waals surface area contributed by atoms with Gasteiger partial charge in [0.25, 0.3) is 0 Å². The Kier molecular flexibility index (Phi) is 11.8. The molecule has 2 aliphatic rings. The third kappa shape index (κ3) is 9.11. The number of rotatable bonds is 9. The molecule has 0 aliphatic carbocycles. The summed E-state index contributed by atoms with van der Waals surface area (Å²) in [6, 6.07) is 0. The maximum absolute atomic E-state index is 12.0. The summed E-state index contributed by atoms with van der Waals surface area (Å²) in [6.45, 7) is 7.41. The van der Waals surface area contributed by atoms with Crippen molar-refractivity contribution in [3.63, 3.8) is 0 Å². The van der Waals surface area contributed by atoms with E-state index in [-0.39, 0.29) is 0 Å². The number of carbonyl (C=O) groups excluding carboxylic acids is 6. The van der Waals surface area contributed by atoms with Gasteiger partial charge in [0, 0.05) is 41.5 Å². The molecule has 0 saturated carbocycles. The highest BCUT2D eigenvalue weighted by molar-refractivity contribution is 5.69. The predicted octanol–water partition coefficient (Wildman–Crippen LogP) is -0.945. The second-order valence-corrected chi connectivity index (χ2v) is 9.05. The smallest absolute Gasteiger partial charge is 0.303 e. The molecule has 0 unspecified atom stereocenters. The monoisotopic (exact) mass is 578 g/mol. The van der Waals surface area contributed by atoms with Crippen molar-refractivity contribution in [2.75, 3.05) is 6.61 Å². The van der Waals surface area contributed by atoms with Crippen LogP contribution in [0.4, 0.5) is 0 Å². The van der Waals surface area contributed by atoms with Gasteiger partial charge in [0.1, 0.15) is 18.8 Å². The Labute approximate surface area is 229 Å². The summed E-state index contributed by atoms with van der Waals surface area (Å²) in [5.74, 6) is -4.84. The minimum absolute atomic E-state index is 0.503. The van der Waals surface area contributed by atoms with Crippen molar-refractivity contribution in [3.05, 3.63) is 0 Å². The van der Waals surface area contributed by atoms with Crippen LogP contribution in [0.2, 0.25) is 0 Å². The molecule has 0 radical (unpaired) electrons. The average molecular weight is 579 g/mol. The zero-order valence-electron chi connectivity index (χ0n) is 23.1. The van der Waals surface area contributed by atoms with Crippen LogP contribution in [0.25, 0.3) is 0 Å². The molecule has 2 fully saturated rings. The van der Waals surface area contributed by atoms with Gasteiger partial charge in [-0.05, 0) is 6.92 Å². The molecule has 226 valence electrons. The third-order valence-electron chi connectivity index (χ3n) is 5.59. The fraction of sp³-hybridized carbons (Fsp3) is 0.750. The molecule has 0 aromatic rings. The van der Waals surface area contributed by atoms with E-state index in [1.165, 1.54) is 6.92 Å². The highest BCUT2D eigenvalue weighted by Gasteiger charge is 2.56. The quantitative estimate of drug-likeness (QED) is 0.259. The van der Waals surface area contributed by atoms with Gasteiger partial charge in [0.05, 0.1) is 6.10 Å². The van der Waals surface area contributed by atoms with Crippen molar-refractivity contribution in [2.24, 2.45) is 0 Å². The summed E-state index contributed by atoms with van der Waals surface area (Å²) in [6.07, 6.45) is -14.7. The van der Waals surface area contributed by atoms with E-state index in [0.717, 1.165) is 41.5 Å². The Morgan fingerprint density at radius 3 is 1.52 bits per heavy atom. The summed E-state index contributed by atoms with van der Waals surface area (Å²) in [4.78, 5) is 71.0. The van der Waals surface area contributed by atoms with Crippen molar-refractivity contribution in [2.45, 2.75) is 110 Å². The van der Waals surface area contributed by atoms with Gasteiger partial charge in [-0.25, -0.2) is 0 Å². The van der Waals surface area contributed by atoms with E-state index in [0.29, 0.717) is 0 Å². The van der Waals surface area contributed by atoms with Crippen LogP contribution in [0.5, 0.6) is 0 Å². The summed E-state index contributed by atoms with van der Waals surface area (Å²) in [5.41, 5.74) is 0. The maximum Gasteiger partial charge on any atom is 0.303 e. The topological polar surface area (TPSA) is 206 Å². The molecule has 10 atom stereocenters. The van der Waals surface area contributed by atoms with Crippen LogP contribution < -0.4 is 0 Å². The van der Waals surface area contributed by atoms with Gasteiger partial charge in [0.15, 0.2) is 43.1 Å². The third-order valence-corrected chi connectivity index (χ3v) is 5.59. The van der Waals surface area contributed by atoms with E-state index < -0.39 is 104 Å². The largest absolute Gasteiger partial charge is 0.463 e.